The van der Waals surface area contributed by atoms with Gasteiger partial charge in [0.2, 0.25) is 5.91 Å². The molecule has 1 amide bonds. The van der Waals surface area contributed by atoms with Gasteiger partial charge in [0, 0.05) is 55.5 Å². The van der Waals surface area contributed by atoms with Crippen LogP contribution < -0.4 is 16.4 Å². The average Bonchev–Trinajstić information content (AvgIpc) is 3.49. The molecule has 0 spiro atoms. The van der Waals surface area contributed by atoms with Crippen molar-refractivity contribution < 1.29 is 4.79 Å². The Bertz CT molecular complexity index is 978. The Labute approximate surface area is 164 Å². The van der Waals surface area contributed by atoms with E-state index < -0.39 is 0 Å². The number of H-pyrrole nitrogens is 1. The molecular weight excluding hydrogens is 352 g/mol. The van der Waals surface area contributed by atoms with Crippen LogP contribution in [0, 0.1) is 0 Å². The average molecular weight is 378 g/mol. The van der Waals surface area contributed by atoms with E-state index in [-0.39, 0.29) is 11.9 Å². The van der Waals surface area contributed by atoms with Crippen LogP contribution in [0.15, 0.2) is 36.5 Å². The van der Waals surface area contributed by atoms with E-state index in [4.69, 9.17) is 10.7 Å². The fourth-order valence-corrected chi connectivity index (χ4v) is 3.46. The fourth-order valence-electron chi connectivity index (χ4n) is 3.46. The first-order valence-corrected chi connectivity index (χ1v) is 9.79. The first-order chi connectivity index (χ1) is 13.7. The van der Waals surface area contributed by atoms with Crippen LogP contribution in [0.25, 0.3) is 10.9 Å². The van der Waals surface area contributed by atoms with E-state index in [1.807, 2.05) is 31.4 Å². The zero-order valence-corrected chi connectivity index (χ0v) is 16.0. The molecule has 0 bridgehead atoms. The van der Waals surface area contributed by atoms with E-state index >= 15 is 0 Å². The Hall–Kier alpha value is -2.93. The van der Waals surface area contributed by atoms with Crippen LogP contribution in [-0.4, -0.2) is 34.5 Å². The van der Waals surface area contributed by atoms with Gasteiger partial charge in [-0.3, -0.25) is 4.79 Å². The lowest BCUT2D eigenvalue weighted by atomic mass is 10.0. The van der Waals surface area contributed by atoms with Crippen molar-refractivity contribution in [1.29, 1.82) is 0 Å². The van der Waals surface area contributed by atoms with E-state index in [0.29, 0.717) is 25.3 Å². The van der Waals surface area contributed by atoms with Crippen molar-refractivity contribution in [2.24, 2.45) is 5.73 Å². The Balaban J connectivity index is 1.69. The largest absolute Gasteiger partial charge is 0.373 e. The summed E-state index contributed by atoms with van der Waals surface area (Å²) in [7, 11) is 1.85. The molecule has 1 aliphatic carbocycles. The molecule has 28 heavy (non-hydrogen) atoms. The molecule has 0 radical (unpaired) electrons. The number of rotatable bonds is 8. The third-order valence-electron chi connectivity index (χ3n) is 5.12. The third kappa shape index (κ3) is 3.99. The molecule has 4 rings (SSSR count). The summed E-state index contributed by atoms with van der Waals surface area (Å²) in [4.78, 5) is 25.1. The summed E-state index contributed by atoms with van der Waals surface area (Å²) >= 11 is 0. The normalized spacial score (nSPS) is 14.8. The number of fused-ring (bicyclic) bond motifs is 1. The third-order valence-corrected chi connectivity index (χ3v) is 5.12. The zero-order chi connectivity index (χ0) is 19.5. The molecule has 0 unspecified atom stereocenters. The van der Waals surface area contributed by atoms with Crippen molar-refractivity contribution >= 4 is 22.6 Å². The maximum atomic E-state index is 12.3. The van der Waals surface area contributed by atoms with Crippen LogP contribution >= 0.6 is 0 Å². The minimum Gasteiger partial charge on any atom is -0.373 e. The summed E-state index contributed by atoms with van der Waals surface area (Å²) in [6.45, 7) is 0.324. The van der Waals surface area contributed by atoms with E-state index in [2.05, 4.69) is 32.7 Å². The van der Waals surface area contributed by atoms with Gasteiger partial charge in [0.05, 0.1) is 11.7 Å². The van der Waals surface area contributed by atoms with Crippen molar-refractivity contribution in [2.45, 2.75) is 37.6 Å². The summed E-state index contributed by atoms with van der Waals surface area (Å²) in [5.74, 6) is 2.01. The molecule has 5 N–H and O–H groups in total. The van der Waals surface area contributed by atoms with Crippen molar-refractivity contribution in [1.82, 2.24) is 20.3 Å². The molecule has 0 saturated heterocycles. The van der Waals surface area contributed by atoms with Crippen LogP contribution in [0.5, 0.6) is 0 Å². The lowest BCUT2D eigenvalue weighted by molar-refractivity contribution is -0.121. The highest BCUT2D eigenvalue weighted by Gasteiger charge is 2.29. The van der Waals surface area contributed by atoms with Gasteiger partial charge in [-0.25, -0.2) is 9.97 Å². The Kier molecular flexibility index (Phi) is 5.25. The van der Waals surface area contributed by atoms with E-state index in [9.17, 15) is 4.79 Å². The molecule has 1 fully saturated rings. The van der Waals surface area contributed by atoms with E-state index in [0.717, 1.165) is 46.6 Å². The number of para-hydroxylation sites is 1. The lowest BCUT2D eigenvalue weighted by Crippen LogP contribution is -2.32. The summed E-state index contributed by atoms with van der Waals surface area (Å²) < 4.78 is 0. The second-order valence-corrected chi connectivity index (χ2v) is 7.28. The van der Waals surface area contributed by atoms with Crippen molar-refractivity contribution in [3.8, 4) is 0 Å². The topological polar surface area (TPSA) is 109 Å². The highest BCUT2D eigenvalue weighted by molar-refractivity contribution is 5.83. The van der Waals surface area contributed by atoms with Crippen LogP contribution in [0.4, 0.5) is 5.82 Å². The number of amides is 1. The van der Waals surface area contributed by atoms with E-state index in [1.165, 1.54) is 0 Å². The molecule has 7 heteroatoms. The smallest absolute Gasteiger partial charge is 0.221 e. The quantitative estimate of drug-likeness (QED) is 0.482. The minimum absolute atomic E-state index is 0.0649. The number of hydrogen-bond acceptors (Lipinski definition) is 5. The first kappa shape index (κ1) is 18.4. The van der Waals surface area contributed by atoms with Gasteiger partial charge < -0.3 is 21.4 Å². The van der Waals surface area contributed by atoms with Gasteiger partial charge in [-0.2, -0.15) is 0 Å². The zero-order valence-electron chi connectivity index (χ0n) is 16.0. The molecule has 1 atom stereocenters. The summed E-state index contributed by atoms with van der Waals surface area (Å²) in [6, 6.07) is 9.86. The van der Waals surface area contributed by atoms with Gasteiger partial charge in [0.25, 0.3) is 0 Å². The number of aromatic nitrogens is 3. The molecule has 2 aromatic heterocycles. The molecule has 1 aliphatic rings. The summed E-state index contributed by atoms with van der Waals surface area (Å²) in [5, 5.41) is 7.40. The maximum absolute atomic E-state index is 12.3. The highest BCUT2D eigenvalue weighted by Crippen LogP contribution is 2.39. The van der Waals surface area contributed by atoms with Crippen LogP contribution in [0.1, 0.15) is 48.3 Å². The minimum atomic E-state index is -0.245. The number of hydrogen-bond donors (Lipinski definition) is 4. The SMILES string of the molecule is CNc1cc([C@@H](Cc2c[nH]c3ccccc23)NC(=O)CCN)nc(C2CC2)n1. The fraction of sp³-hybridized carbons (Fsp3) is 0.381. The summed E-state index contributed by atoms with van der Waals surface area (Å²) in [6.07, 6.45) is 5.20. The first-order valence-electron chi connectivity index (χ1n) is 9.79. The van der Waals surface area contributed by atoms with Gasteiger partial charge in [0.1, 0.15) is 11.6 Å². The highest BCUT2D eigenvalue weighted by atomic mass is 16.1. The Morgan fingerprint density at radius 3 is 2.89 bits per heavy atom. The molecule has 2 heterocycles. The lowest BCUT2D eigenvalue weighted by Gasteiger charge is -2.20. The van der Waals surface area contributed by atoms with Crippen molar-refractivity contribution in [3.63, 3.8) is 0 Å². The van der Waals surface area contributed by atoms with Crippen molar-refractivity contribution in [2.75, 3.05) is 18.9 Å². The molecule has 1 aromatic carbocycles. The molecule has 0 aliphatic heterocycles. The molecular formula is C21H26N6O. The van der Waals surface area contributed by atoms with E-state index in [1.54, 1.807) is 0 Å². The van der Waals surface area contributed by atoms with Gasteiger partial charge in [0.15, 0.2) is 0 Å². The second-order valence-electron chi connectivity index (χ2n) is 7.28. The van der Waals surface area contributed by atoms with Gasteiger partial charge in [-0.15, -0.1) is 0 Å². The van der Waals surface area contributed by atoms with Crippen LogP contribution in [0.3, 0.4) is 0 Å². The number of carbonyl (C=O) groups excluding carboxylic acids is 1. The Morgan fingerprint density at radius 1 is 1.32 bits per heavy atom. The number of nitrogens with zero attached hydrogens (tertiary/aromatic N) is 2. The number of nitrogens with one attached hydrogen (secondary N) is 3. The summed E-state index contributed by atoms with van der Waals surface area (Å²) in [5.41, 5.74) is 8.63. The number of anilines is 1. The molecule has 3 aromatic rings. The molecule has 7 nitrogen and oxygen atoms in total. The molecule has 1 saturated carbocycles. The number of aromatic amines is 1. The predicted octanol–water partition coefficient (Wildman–Crippen LogP) is 2.63. The van der Waals surface area contributed by atoms with Crippen LogP contribution in [0.2, 0.25) is 0 Å². The van der Waals surface area contributed by atoms with Gasteiger partial charge in [-0.1, -0.05) is 18.2 Å². The number of nitrogens with two attached hydrogens (primary N) is 1. The van der Waals surface area contributed by atoms with Crippen LogP contribution in [-0.2, 0) is 11.2 Å². The maximum Gasteiger partial charge on any atom is 0.221 e. The number of carbonyl (C=O) groups is 1. The number of benzene rings is 1. The second kappa shape index (κ2) is 7.98. The molecule has 146 valence electrons. The monoisotopic (exact) mass is 378 g/mol. The van der Waals surface area contributed by atoms with Gasteiger partial charge in [-0.05, 0) is 24.5 Å². The Morgan fingerprint density at radius 2 is 2.14 bits per heavy atom. The predicted molar refractivity (Wildman–Crippen MR) is 110 cm³/mol. The standard InChI is InChI=1S/C21H26N6O/c1-23-19-11-18(26-21(27-19)13-6-7-13)17(25-20(28)8-9-22)10-14-12-24-16-5-3-2-4-15(14)16/h2-5,11-13,17,24H,6-10,22H2,1H3,(H,25,28)(H,23,26,27)/t17-/m1/s1. The van der Waals surface area contributed by atoms with Gasteiger partial charge >= 0.3 is 0 Å². The van der Waals surface area contributed by atoms with Crippen molar-refractivity contribution in [3.05, 3.63) is 53.6 Å².